The second-order valence-corrected chi connectivity index (χ2v) is 6.66. The van der Waals surface area contributed by atoms with Crippen LogP contribution in [0.5, 0.6) is 0 Å². The minimum absolute atomic E-state index is 0.126. The van der Waals surface area contributed by atoms with E-state index in [1.54, 1.807) is 29.7 Å². The molecule has 122 valence electrons. The first-order valence-electron chi connectivity index (χ1n) is 7.53. The summed E-state index contributed by atoms with van der Waals surface area (Å²) < 4.78 is 0. The van der Waals surface area contributed by atoms with E-state index < -0.39 is 0 Å². The number of benzene rings is 1. The van der Waals surface area contributed by atoms with Crippen LogP contribution in [0.2, 0.25) is 5.02 Å². The molecule has 0 atom stereocenters. The fourth-order valence-electron chi connectivity index (χ4n) is 2.18. The van der Waals surface area contributed by atoms with E-state index in [1.165, 1.54) is 0 Å². The van der Waals surface area contributed by atoms with E-state index in [2.05, 4.69) is 15.3 Å². The molecular weight excluding hydrogens is 342 g/mol. The number of halogens is 1. The van der Waals surface area contributed by atoms with E-state index in [4.69, 9.17) is 11.6 Å². The second kappa shape index (κ2) is 7.55. The predicted octanol–water partition coefficient (Wildman–Crippen LogP) is 4.14. The Morgan fingerprint density at radius 2 is 2.12 bits per heavy atom. The third kappa shape index (κ3) is 3.99. The van der Waals surface area contributed by atoms with Crippen molar-refractivity contribution in [3.8, 4) is 11.4 Å². The normalized spacial score (nSPS) is 10.6. The van der Waals surface area contributed by atoms with Gasteiger partial charge in [0.05, 0.1) is 16.4 Å². The average Bonchev–Trinajstić information content (AvgIpc) is 3.07. The fraction of sp³-hybridized carbons (Fsp3) is 0.167. The molecule has 0 bridgehead atoms. The standard InChI is InChI=1S/C18H16ClN3OS/c1-12-5-6-13(10-14(12)19)18(23)21-9-7-17-22-16(11-24-17)15-4-2-3-8-20-15/h2-6,8,10-11H,7,9H2,1H3,(H,21,23). The molecule has 1 aromatic carbocycles. The third-order valence-corrected chi connectivity index (χ3v) is 4.85. The van der Waals surface area contributed by atoms with Gasteiger partial charge < -0.3 is 5.32 Å². The highest BCUT2D eigenvalue weighted by Gasteiger charge is 2.09. The molecule has 1 N–H and O–H groups in total. The average molecular weight is 358 g/mol. The summed E-state index contributed by atoms with van der Waals surface area (Å²) in [5.74, 6) is -0.126. The first-order valence-corrected chi connectivity index (χ1v) is 8.79. The highest BCUT2D eigenvalue weighted by atomic mass is 35.5. The minimum Gasteiger partial charge on any atom is -0.352 e. The van der Waals surface area contributed by atoms with Gasteiger partial charge in [0, 0.05) is 35.1 Å². The lowest BCUT2D eigenvalue weighted by Gasteiger charge is -2.05. The van der Waals surface area contributed by atoms with Crippen molar-refractivity contribution in [1.29, 1.82) is 0 Å². The van der Waals surface area contributed by atoms with Crippen molar-refractivity contribution in [2.24, 2.45) is 0 Å². The van der Waals surface area contributed by atoms with Crippen LogP contribution in [0.15, 0.2) is 48.0 Å². The predicted molar refractivity (Wildman–Crippen MR) is 97.6 cm³/mol. The summed E-state index contributed by atoms with van der Waals surface area (Å²) in [6.45, 7) is 2.44. The number of carbonyl (C=O) groups excluding carboxylic acids is 1. The van der Waals surface area contributed by atoms with Crippen LogP contribution < -0.4 is 5.32 Å². The summed E-state index contributed by atoms with van der Waals surface area (Å²) >= 11 is 7.63. The number of rotatable bonds is 5. The Hall–Kier alpha value is -2.24. The quantitative estimate of drug-likeness (QED) is 0.746. The molecule has 1 amide bonds. The van der Waals surface area contributed by atoms with Crippen LogP contribution in [-0.4, -0.2) is 22.4 Å². The maximum absolute atomic E-state index is 12.1. The summed E-state index contributed by atoms with van der Waals surface area (Å²) in [7, 11) is 0. The number of thiazole rings is 1. The van der Waals surface area contributed by atoms with Crippen molar-refractivity contribution in [1.82, 2.24) is 15.3 Å². The van der Waals surface area contributed by atoms with Crippen LogP contribution in [0.25, 0.3) is 11.4 Å². The second-order valence-electron chi connectivity index (χ2n) is 5.31. The molecule has 3 aromatic rings. The monoisotopic (exact) mass is 357 g/mol. The molecule has 0 aliphatic carbocycles. The van der Waals surface area contributed by atoms with Gasteiger partial charge in [-0.25, -0.2) is 4.98 Å². The SMILES string of the molecule is Cc1ccc(C(=O)NCCc2nc(-c3ccccn3)cs2)cc1Cl. The van der Waals surface area contributed by atoms with Gasteiger partial charge in [-0.1, -0.05) is 23.7 Å². The lowest BCUT2D eigenvalue weighted by molar-refractivity contribution is 0.0954. The van der Waals surface area contributed by atoms with Crippen molar-refractivity contribution in [2.75, 3.05) is 6.54 Å². The molecule has 0 radical (unpaired) electrons. The zero-order valence-electron chi connectivity index (χ0n) is 13.1. The number of pyridine rings is 1. The van der Waals surface area contributed by atoms with E-state index in [-0.39, 0.29) is 5.91 Å². The number of nitrogens with zero attached hydrogens (tertiary/aromatic N) is 2. The Kier molecular flexibility index (Phi) is 5.23. The van der Waals surface area contributed by atoms with E-state index in [9.17, 15) is 4.79 Å². The van der Waals surface area contributed by atoms with Gasteiger partial charge in [-0.2, -0.15) is 0 Å². The fourth-order valence-corrected chi connectivity index (χ4v) is 3.15. The zero-order valence-corrected chi connectivity index (χ0v) is 14.7. The lowest BCUT2D eigenvalue weighted by atomic mass is 10.1. The number of hydrogen-bond acceptors (Lipinski definition) is 4. The zero-order chi connectivity index (χ0) is 16.9. The number of amides is 1. The number of carbonyl (C=O) groups is 1. The molecular formula is C18H16ClN3OS. The molecule has 2 heterocycles. The highest BCUT2D eigenvalue weighted by molar-refractivity contribution is 7.09. The highest BCUT2D eigenvalue weighted by Crippen LogP contribution is 2.20. The van der Waals surface area contributed by atoms with Crippen molar-refractivity contribution in [2.45, 2.75) is 13.3 Å². The topological polar surface area (TPSA) is 54.9 Å². The first-order chi connectivity index (χ1) is 11.6. The summed E-state index contributed by atoms with van der Waals surface area (Å²) in [5, 5.41) is 6.45. The summed E-state index contributed by atoms with van der Waals surface area (Å²) in [6, 6.07) is 11.1. The van der Waals surface area contributed by atoms with Crippen molar-refractivity contribution < 1.29 is 4.79 Å². The van der Waals surface area contributed by atoms with Gasteiger partial charge in [0.1, 0.15) is 0 Å². The van der Waals surface area contributed by atoms with E-state index in [0.29, 0.717) is 23.6 Å². The van der Waals surface area contributed by atoms with Gasteiger partial charge in [-0.05, 0) is 36.8 Å². The number of aryl methyl sites for hydroxylation is 1. The van der Waals surface area contributed by atoms with Crippen LogP contribution in [0.1, 0.15) is 20.9 Å². The molecule has 4 nitrogen and oxygen atoms in total. The van der Waals surface area contributed by atoms with Crippen molar-refractivity contribution in [3.05, 3.63) is 69.1 Å². The molecule has 0 fully saturated rings. The van der Waals surface area contributed by atoms with Crippen molar-refractivity contribution in [3.63, 3.8) is 0 Å². The van der Waals surface area contributed by atoms with Crippen LogP contribution >= 0.6 is 22.9 Å². The smallest absolute Gasteiger partial charge is 0.251 e. The minimum atomic E-state index is -0.126. The van der Waals surface area contributed by atoms with Gasteiger partial charge in [0.2, 0.25) is 0 Å². The molecule has 24 heavy (non-hydrogen) atoms. The number of aromatic nitrogens is 2. The maximum Gasteiger partial charge on any atom is 0.251 e. The molecule has 0 aliphatic rings. The summed E-state index contributed by atoms with van der Waals surface area (Å²) in [6.07, 6.45) is 2.43. The molecule has 0 saturated heterocycles. The van der Waals surface area contributed by atoms with Crippen LogP contribution in [0.4, 0.5) is 0 Å². The largest absolute Gasteiger partial charge is 0.352 e. The van der Waals surface area contributed by atoms with Crippen LogP contribution in [0, 0.1) is 6.92 Å². The Morgan fingerprint density at radius 3 is 2.88 bits per heavy atom. The molecule has 0 spiro atoms. The van der Waals surface area contributed by atoms with Gasteiger partial charge in [0.25, 0.3) is 5.91 Å². The van der Waals surface area contributed by atoms with E-state index in [0.717, 1.165) is 22.0 Å². The third-order valence-electron chi connectivity index (χ3n) is 3.54. The Balaban J connectivity index is 1.56. The molecule has 6 heteroatoms. The van der Waals surface area contributed by atoms with Gasteiger partial charge in [-0.15, -0.1) is 11.3 Å². The molecule has 2 aromatic heterocycles. The summed E-state index contributed by atoms with van der Waals surface area (Å²) in [5.41, 5.74) is 3.25. The van der Waals surface area contributed by atoms with E-state index in [1.807, 2.05) is 36.6 Å². The lowest BCUT2D eigenvalue weighted by Crippen LogP contribution is -2.25. The molecule has 0 unspecified atom stereocenters. The number of nitrogens with one attached hydrogen (secondary N) is 1. The van der Waals surface area contributed by atoms with Gasteiger partial charge >= 0.3 is 0 Å². The van der Waals surface area contributed by atoms with Crippen molar-refractivity contribution >= 4 is 28.8 Å². The Bertz CT molecular complexity index is 848. The molecule has 0 saturated carbocycles. The molecule has 3 rings (SSSR count). The first kappa shape index (κ1) is 16.6. The van der Waals surface area contributed by atoms with Crippen LogP contribution in [-0.2, 0) is 6.42 Å². The maximum atomic E-state index is 12.1. The van der Waals surface area contributed by atoms with Gasteiger partial charge in [0.15, 0.2) is 0 Å². The Morgan fingerprint density at radius 1 is 1.25 bits per heavy atom. The Labute approximate surface area is 149 Å². The summed E-state index contributed by atoms with van der Waals surface area (Å²) in [4.78, 5) is 21.0. The van der Waals surface area contributed by atoms with E-state index >= 15 is 0 Å². The van der Waals surface area contributed by atoms with Crippen LogP contribution in [0.3, 0.4) is 0 Å². The number of hydrogen-bond donors (Lipinski definition) is 1. The van der Waals surface area contributed by atoms with Gasteiger partial charge in [-0.3, -0.25) is 9.78 Å². The molecule has 0 aliphatic heterocycles.